The first kappa shape index (κ1) is 10.9. The van der Waals surface area contributed by atoms with Crippen LogP contribution in [0.5, 0.6) is 0 Å². The lowest BCUT2D eigenvalue weighted by Gasteiger charge is -2.05. The Balaban J connectivity index is 2.54. The Morgan fingerprint density at radius 3 is 2.88 bits per heavy atom. The van der Waals surface area contributed by atoms with E-state index < -0.39 is 0 Å². The monoisotopic (exact) mass is 234 g/mol. The molecule has 0 fully saturated rings. The van der Waals surface area contributed by atoms with Crippen LogP contribution in [0.25, 0.3) is 5.69 Å². The van der Waals surface area contributed by atoms with Crippen LogP contribution < -0.4 is 0 Å². The molecule has 82 valence electrons. The summed E-state index contributed by atoms with van der Waals surface area (Å²) in [4.78, 5) is 10.7. The zero-order chi connectivity index (χ0) is 11.5. The normalized spacial score (nSPS) is 10.4. The first-order chi connectivity index (χ1) is 7.74. The van der Waals surface area contributed by atoms with Gasteiger partial charge in [0.1, 0.15) is 5.69 Å². The number of carbonyl (C=O) groups is 1. The lowest BCUT2D eigenvalue weighted by Crippen LogP contribution is -2.01. The highest BCUT2D eigenvalue weighted by molar-refractivity contribution is 6.30. The number of hydrogen-bond donors (Lipinski definition) is 0. The van der Waals surface area contributed by atoms with Crippen molar-refractivity contribution < 1.29 is 4.79 Å². The van der Waals surface area contributed by atoms with Gasteiger partial charge >= 0.3 is 0 Å². The molecule has 16 heavy (non-hydrogen) atoms. The second-order valence-corrected chi connectivity index (χ2v) is 3.86. The van der Waals surface area contributed by atoms with Crippen LogP contribution in [0.15, 0.2) is 30.3 Å². The zero-order valence-electron chi connectivity index (χ0n) is 8.85. The van der Waals surface area contributed by atoms with E-state index in [2.05, 4.69) is 5.10 Å². The lowest BCUT2D eigenvalue weighted by atomic mass is 10.3. The van der Waals surface area contributed by atoms with E-state index in [1.807, 2.05) is 25.1 Å². The molecule has 0 saturated carbocycles. The fourth-order valence-electron chi connectivity index (χ4n) is 1.58. The second kappa shape index (κ2) is 4.49. The average molecular weight is 235 g/mol. The van der Waals surface area contributed by atoms with Gasteiger partial charge in [0, 0.05) is 10.7 Å². The van der Waals surface area contributed by atoms with Crippen molar-refractivity contribution in [2.24, 2.45) is 0 Å². The molecule has 0 atom stereocenters. The molecule has 2 rings (SSSR count). The molecule has 0 aliphatic heterocycles. The predicted molar refractivity (Wildman–Crippen MR) is 63.3 cm³/mol. The van der Waals surface area contributed by atoms with E-state index in [9.17, 15) is 4.79 Å². The first-order valence-electron chi connectivity index (χ1n) is 5.04. The van der Waals surface area contributed by atoms with Crippen LogP contribution in [-0.2, 0) is 6.42 Å². The third-order valence-corrected chi connectivity index (χ3v) is 2.57. The van der Waals surface area contributed by atoms with Crippen molar-refractivity contribution in [3.05, 3.63) is 46.7 Å². The highest BCUT2D eigenvalue weighted by Gasteiger charge is 2.07. The number of aromatic nitrogens is 2. The van der Waals surface area contributed by atoms with E-state index in [1.165, 1.54) is 0 Å². The first-order valence-corrected chi connectivity index (χ1v) is 5.42. The molecule has 1 aromatic carbocycles. The van der Waals surface area contributed by atoms with Gasteiger partial charge in [-0.2, -0.15) is 5.10 Å². The number of nitrogens with zero attached hydrogens (tertiary/aromatic N) is 2. The lowest BCUT2D eigenvalue weighted by molar-refractivity contribution is 0.111. The summed E-state index contributed by atoms with van der Waals surface area (Å²) in [5, 5.41) is 4.86. The van der Waals surface area contributed by atoms with Crippen LogP contribution in [-0.4, -0.2) is 16.1 Å². The van der Waals surface area contributed by atoms with Gasteiger partial charge in [0.25, 0.3) is 0 Å². The Morgan fingerprint density at radius 1 is 1.44 bits per heavy atom. The molecule has 0 aliphatic rings. The number of rotatable bonds is 3. The van der Waals surface area contributed by atoms with Crippen molar-refractivity contribution in [1.29, 1.82) is 0 Å². The summed E-state index contributed by atoms with van der Waals surface area (Å²) in [7, 11) is 0. The van der Waals surface area contributed by atoms with E-state index in [0.29, 0.717) is 10.7 Å². The Morgan fingerprint density at radius 2 is 2.25 bits per heavy atom. The van der Waals surface area contributed by atoms with E-state index in [4.69, 9.17) is 11.6 Å². The van der Waals surface area contributed by atoms with E-state index in [1.54, 1.807) is 16.8 Å². The van der Waals surface area contributed by atoms with Gasteiger partial charge in [-0.05, 0) is 30.7 Å². The Labute approximate surface area is 98.7 Å². The standard InChI is InChI=1S/C12H11ClN2O/c1-2-11-7-10(8-16)14-15(11)12-5-3-4-9(13)6-12/h3-8H,2H2,1H3. The van der Waals surface area contributed by atoms with E-state index >= 15 is 0 Å². The second-order valence-electron chi connectivity index (χ2n) is 3.42. The van der Waals surface area contributed by atoms with Crippen LogP contribution in [0.2, 0.25) is 5.02 Å². The molecule has 1 heterocycles. The Hall–Kier alpha value is -1.61. The maximum atomic E-state index is 10.7. The fourth-order valence-corrected chi connectivity index (χ4v) is 1.77. The molecule has 0 radical (unpaired) electrons. The zero-order valence-corrected chi connectivity index (χ0v) is 9.61. The molecule has 3 nitrogen and oxygen atoms in total. The largest absolute Gasteiger partial charge is 0.296 e. The fraction of sp³-hybridized carbons (Fsp3) is 0.167. The summed E-state index contributed by atoms with van der Waals surface area (Å²) in [6.07, 6.45) is 1.56. The average Bonchev–Trinajstić information content (AvgIpc) is 2.72. The summed E-state index contributed by atoms with van der Waals surface area (Å²) in [6.45, 7) is 2.02. The number of aldehydes is 1. The minimum absolute atomic E-state index is 0.442. The van der Waals surface area contributed by atoms with Gasteiger partial charge in [-0.3, -0.25) is 4.79 Å². The summed E-state index contributed by atoms with van der Waals surface area (Å²) < 4.78 is 1.75. The van der Waals surface area contributed by atoms with Crippen molar-refractivity contribution in [2.45, 2.75) is 13.3 Å². The van der Waals surface area contributed by atoms with Gasteiger partial charge in [-0.15, -0.1) is 0 Å². The van der Waals surface area contributed by atoms with E-state index in [0.717, 1.165) is 24.1 Å². The molecule has 1 aromatic heterocycles. The molecule has 4 heteroatoms. The summed E-state index contributed by atoms with van der Waals surface area (Å²) in [6, 6.07) is 9.18. The van der Waals surface area contributed by atoms with Crippen molar-refractivity contribution in [3.63, 3.8) is 0 Å². The van der Waals surface area contributed by atoms with Crippen LogP contribution in [0.1, 0.15) is 23.1 Å². The highest BCUT2D eigenvalue weighted by atomic mass is 35.5. The van der Waals surface area contributed by atoms with Crippen LogP contribution in [0, 0.1) is 0 Å². The van der Waals surface area contributed by atoms with Gasteiger partial charge in [0.05, 0.1) is 5.69 Å². The molecule has 0 N–H and O–H groups in total. The minimum atomic E-state index is 0.442. The molecule has 2 aromatic rings. The van der Waals surface area contributed by atoms with Crippen LogP contribution >= 0.6 is 11.6 Å². The topological polar surface area (TPSA) is 34.9 Å². The number of carbonyl (C=O) groups excluding carboxylic acids is 1. The Kier molecular flexibility index (Phi) is 3.06. The van der Waals surface area contributed by atoms with Crippen molar-refractivity contribution in [3.8, 4) is 5.69 Å². The van der Waals surface area contributed by atoms with Gasteiger partial charge in [0.15, 0.2) is 6.29 Å². The maximum Gasteiger partial charge on any atom is 0.170 e. The van der Waals surface area contributed by atoms with Crippen molar-refractivity contribution in [1.82, 2.24) is 9.78 Å². The van der Waals surface area contributed by atoms with Crippen molar-refractivity contribution >= 4 is 17.9 Å². The molecule has 0 aliphatic carbocycles. The number of halogens is 1. The van der Waals surface area contributed by atoms with Gasteiger partial charge < -0.3 is 0 Å². The van der Waals surface area contributed by atoms with Crippen molar-refractivity contribution in [2.75, 3.05) is 0 Å². The molecule has 0 unspecified atom stereocenters. The van der Waals surface area contributed by atoms with Gasteiger partial charge in [-0.25, -0.2) is 4.68 Å². The third-order valence-electron chi connectivity index (χ3n) is 2.34. The number of hydrogen-bond acceptors (Lipinski definition) is 2. The quantitative estimate of drug-likeness (QED) is 0.766. The SMILES string of the molecule is CCc1cc(C=O)nn1-c1cccc(Cl)c1. The number of aryl methyl sites for hydroxylation is 1. The molecular weight excluding hydrogens is 224 g/mol. The smallest absolute Gasteiger partial charge is 0.170 e. The molecular formula is C12H11ClN2O. The van der Waals surface area contributed by atoms with Crippen LogP contribution in [0.4, 0.5) is 0 Å². The minimum Gasteiger partial charge on any atom is -0.296 e. The third kappa shape index (κ3) is 1.99. The van der Waals surface area contributed by atoms with Gasteiger partial charge in [0.2, 0.25) is 0 Å². The summed E-state index contributed by atoms with van der Waals surface area (Å²) in [5.74, 6) is 0. The van der Waals surface area contributed by atoms with E-state index in [-0.39, 0.29) is 0 Å². The van der Waals surface area contributed by atoms with Crippen LogP contribution in [0.3, 0.4) is 0 Å². The molecule has 0 amide bonds. The highest BCUT2D eigenvalue weighted by Crippen LogP contribution is 2.17. The summed E-state index contributed by atoms with van der Waals surface area (Å²) >= 11 is 5.92. The number of benzene rings is 1. The summed E-state index contributed by atoms with van der Waals surface area (Å²) in [5.41, 5.74) is 2.30. The molecule has 0 bridgehead atoms. The van der Waals surface area contributed by atoms with Gasteiger partial charge in [-0.1, -0.05) is 24.6 Å². The molecule has 0 spiro atoms. The maximum absolute atomic E-state index is 10.7. The Bertz CT molecular complexity index is 519. The molecule has 0 saturated heterocycles. The predicted octanol–water partition coefficient (Wildman–Crippen LogP) is 2.90.